The fourth-order valence-electron chi connectivity index (χ4n) is 1.04. The molecule has 0 aliphatic heterocycles. The van der Waals surface area contributed by atoms with E-state index in [1.807, 2.05) is 0 Å². The van der Waals surface area contributed by atoms with Crippen LogP contribution in [0.5, 0.6) is 0 Å². The summed E-state index contributed by atoms with van der Waals surface area (Å²) in [4.78, 5) is 24.0. The van der Waals surface area contributed by atoms with Crippen LogP contribution in [0.3, 0.4) is 0 Å². The lowest BCUT2D eigenvalue weighted by atomic mass is 10.4. The number of rotatable bonds is 4. The van der Waals surface area contributed by atoms with Crippen molar-refractivity contribution in [1.29, 1.82) is 0 Å². The molecule has 0 aliphatic rings. The van der Waals surface area contributed by atoms with Crippen molar-refractivity contribution in [2.24, 2.45) is 0 Å². The van der Waals surface area contributed by atoms with Gasteiger partial charge in [-0.15, -0.1) is 0 Å². The van der Waals surface area contributed by atoms with E-state index in [1.54, 1.807) is 6.92 Å². The molecule has 6 nitrogen and oxygen atoms in total. The maximum absolute atomic E-state index is 11.4. The van der Waals surface area contributed by atoms with Gasteiger partial charge in [0.15, 0.2) is 0 Å². The minimum Gasteiger partial charge on any atom is -0.480 e. The molecule has 14 heavy (non-hydrogen) atoms. The molecule has 6 heteroatoms. The number of nitrogens with zero attached hydrogens (tertiary/aromatic N) is 2. The first-order valence-electron chi connectivity index (χ1n) is 4.20. The van der Waals surface area contributed by atoms with Crippen LogP contribution < -0.4 is 0 Å². The third kappa shape index (κ3) is 4.66. The van der Waals surface area contributed by atoms with Gasteiger partial charge in [0.05, 0.1) is 6.10 Å². The Balaban J connectivity index is 4.10. The highest BCUT2D eigenvalue weighted by molar-refractivity contribution is 5.79. The van der Waals surface area contributed by atoms with Crippen molar-refractivity contribution in [3.05, 3.63) is 0 Å². The van der Waals surface area contributed by atoms with Gasteiger partial charge in [0.25, 0.3) is 0 Å². The number of urea groups is 1. The molecule has 2 N–H and O–H groups in total. The van der Waals surface area contributed by atoms with Crippen molar-refractivity contribution in [2.75, 3.05) is 27.2 Å². The number of aliphatic hydroxyl groups excluding tert-OH is 1. The van der Waals surface area contributed by atoms with Crippen molar-refractivity contribution >= 4 is 12.0 Å². The van der Waals surface area contributed by atoms with Crippen LogP contribution in [0.2, 0.25) is 0 Å². The minimum absolute atomic E-state index is 0.183. The monoisotopic (exact) mass is 204 g/mol. The highest BCUT2D eigenvalue weighted by Gasteiger charge is 2.17. The van der Waals surface area contributed by atoms with Gasteiger partial charge in [-0.1, -0.05) is 0 Å². The van der Waals surface area contributed by atoms with Gasteiger partial charge < -0.3 is 20.0 Å². The Bertz CT molecular complexity index is 217. The number of carbonyl (C=O) groups is 2. The number of aliphatic hydroxyl groups is 1. The maximum atomic E-state index is 11.4. The number of carbonyl (C=O) groups excluding carboxylic acids is 1. The molecule has 0 aromatic heterocycles. The van der Waals surface area contributed by atoms with Gasteiger partial charge in [0.2, 0.25) is 0 Å². The minimum atomic E-state index is -1.06. The summed E-state index contributed by atoms with van der Waals surface area (Å²) in [6.07, 6.45) is -0.623. The van der Waals surface area contributed by atoms with E-state index in [0.29, 0.717) is 0 Å². The van der Waals surface area contributed by atoms with Gasteiger partial charge in [-0.2, -0.15) is 0 Å². The second-order valence-corrected chi connectivity index (χ2v) is 3.26. The average molecular weight is 204 g/mol. The van der Waals surface area contributed by atoms with Crippen LogP contribution >= 0.6 is 0 Å². The summed E-state index contributed by atoms with van der Waals surface area (Å²) in [6.45, 7) is 1.40. The average Bonchev–Trinajstić information content (AvgIpc) is 2.00. The Labute approximate surface area is 82.7 Å². The topological polar surface area (TPSA) is 81.1 Å². The SMILES string of the molecule is CC(O)CN(C)C(=O)N(C)CC(=O)O. The molecule has 0 aromatic rings. The van der Waals surface area contributed by atoms with E-state index in [0.717, 1.165) is 4.90 Å². The van der Waals surface area contributed by atoms with Crippen molar-refractivity contribution in [1.82, 2.24) is 9.80 Å². The zero-order valence-corrected chi connectivity index (χ0v) is 8.60. The Kier molecular flexibility index (Phi) is 4.93. The van der Waals surface area contributed by atoms with E-state index >= 15 is 0 Å². The number of hydrogen-bond acceptors (Lipinski definition) is 3. The Morgan fingerprint density at radius 1 is 1.29 bits per heavy atom. The molecule has 1 unspecified atom stereocenters. The molecule has 2 amide bonds. The highest BCUT2D eigenvalue weighted by Crippen LogP contribution is 1.95. The fraction of sp³-hybridized carbons (Fsp3) is 0.750. The lowest BCUT2D eigenvalue weighted by Gasteiger charge is -2.24. The van der Waals surface area contributed by atoms with Crippen LogP contribution in [-0.4, -0.2) is 65.3 Å². The number of carboxylic acid groups (broad SMARTS) is 1. The maximum Gasteiger partial charge on any atom is 0.323 e. The van der Waals surface area contributed by atoms with E-state index in [-0.39, 0.29) is 13.1 Å². The largest absolute Gasteiger partial charge is 0.480 e. The van der Waals surface area contributed by atoms with Crippen molar-refractivity contribution < 1.29 is 19.8 Å². The summed E-state index contributed by atoms with van der Waals surface area (Å²) >= 11 is 0. The van der Waals surface area contributed by atoms with Gasteiger partial charge in [0.1, 0.15) is 6.54 Å². The lowest BCUT2D eigenvalue weighted by Crippen LogP contribution is -2.43. The van der Waals surface area contributed by atoms with Gasteiger partial charge >= 0.3 is 12.0 Å². The summed E-state index contributed by atoms with van der Waals surface area (Å²) in [6, 6.07) is -0.423. The zero-order chi connectivity index (χ0) is 11.3. The van der Waals surface area contributed by atoms with Crippen molar-refractivity contribution in [3.8, 4) is 0 Å². The summed E-state index contributed by atoms with van der Waals surface area (Å²) in [7, 11) is 2.91. The Morgan fingerprint density at radius 2 is 1.79 bits per heavy atom. The van der Waals surface area contributed by atoms with Crippen molar-refractivity contribution in [2.45, 2.75) is 13.0 Å². The predicted molar refractivity (Wildman–Crippen MR) is 50.0 cm³/mol. The molecular formula is C8H16N2O4. The molecule has 0 rings (SSSR count). The molecule has 0 aromatic carbocycles. The first-order chi connectivity index (χ1) is 6.34. The summed E-state index contributed by atoms with van der Waals surface area (Å²) in [5, 5.41) is 17.4. The molecule has 0 radical (unpaired) electrons. The molecule has 0 aliphatic carbocycles. The molecule has 0 saturated heterocycles. The summed E-state index contributed by atoms with van der Waals surface area (Å²) in [5.74, 6) is -1.06. The van der Waals surface area contributed by atoms with Crippen LogP contribution in [0.25, 0.3) is 0 Å². The van der Waals surface area contributed by atoms with Crippen LogP contribution in [0.4, 0.5) is 4.79 Å². The normalized spacial score (nSPS) is 12.0. The molecule has 0 saturated carbocycles. The number of carboxylic acids is 1. The molecule has 0 fully saturated rings. The fourth-order valence-corrected chi connectivity index (χ4v) is 1.04. The second-order valence-electron chi connectivity index (χ2n) is 3.26. The van der Waals surface area contributed by atoms with E-state index in [1.165, 1.54) is 19.0 Å². The lowest BCUT2D eigenvalue weighted by molar-refractivity contribution is -0.137. The van der Waals surface area contributed by atoms with Gasteiger partial charge in [-0.05, 0) is 6.92 Å². The molecule has 0 bridgehead atoms. The quantitative estimate of drug-likeness (QED) is 0.643. The zero-order valence-electron chi connectivity index (χ0n) is 8.60. The molecule has 82 valence electrons. The van der Waals surface area contributed by atoms with Gasteiger partial charge in [-0.25, -0.2) is 4.79 Å². The summed E-state index contributed by atoms with van der Waals surface area (Å²) in [5.41, 5.74) is 0. The smallest absolute Gasteiger partial charge is 0.323 e. The van der Waals surface area contributed by atoms with Crippen LogP contribution in [0.1, 0.15) is 6.92 Å². The van der Waals surface area contributed by atoms with Crippen molar-refractivity contribution in [3.63, 3.8) is 0 Å². The van der Waals surface area contributed by atoms with E-state index in [9.17, 15) is 9.59 Å². The number of likely N-dealkylation sites (N-methyl/N-ethyl adjacent to an activating group) is 2. The first-order valence-corrected chi connectivity index (χ1v) is 4.20. The number of amides is 2. The molecule has 1 atom stereocenters. The summed E-state index contributed by atoms with van der Waals surface area (Å²) < 4.78 is 0. The predicted octanol–water partition coefficient (Wildman–Crippen LogP) is -0.565. The van der Waals surface area contributed by atoms with Crippen LogP contribution in [0.15, 0.2) is 0 Å². The van der Waals surface area contributed by atoms with E-state index in [2.05, 4.69) is 0 Å². The Hall–Kier alpha value is -1.30. The number of aliphatic carboxylic acids is 1. The van der Waals surface area contributed by atoms with Gasteiger partial charge in [0, 0.05) is 20.6 Å². The van der Waals surface area contributed by atoms with Gasteiger partial charge in [-0.3, -0.25) is 4.79 Å². The highest BCUT2D eigenvalue weighted by atomic mass is 16.4. The van der Waals surface area contributed by atoms with E-state index in [4.69, 9.17) is 10.2 Å². The molecule has 0 spiro atoms. The van der Waals surface area contributed by atoms with Crippen LogP contribution in [-0.2, 0) is 4.79 Å². The number of hydrogen-bond donors (Lipinski definition) is 2. The molecule has 0 heterocycles. The van der Waals surface area contributed by atoms with E-state index < -0.39 is 18.1 Å². The molecular weight excluding hydrogens is 188 g/mol. The van der Waals surface area contributed by atoms with Crippen LogP contribution in [0, 0.1) is 0 Å². The standard InChI is InChI=1S/C8H16N2O4/c1-6(11)4-9(2)8(14)10(3)5-7(12)13/h6,11H,4-5H2,1-3H3,(H,12,13). The Morgan fingerprint density at radius 3 is 2.14 bits per heavy atom. The first kappa shape index (κ1) is 12.7. The third-order valence-electron chi connectivity index (χ3n) is 1.56. The second kappa shape index (κ2) is 5.43. The third-order valence-corrected chi connectivity index (χ3v) is 1.56.